The second-order valence-electron chi connectivity index (χ2n) is 7.58. The lowest BCUT2D eigenvalue weighted by Gasteiger charge is -2.43. The highest BCUT2D eigenvalue weighted by Gasteiger charge is 2.53. The lowest BCUT2D eigenvalue weighted by atomic mass is 9.68. The van der Waals surface area contributed by atoms with E-state index in [9.17, 15) is 9.90 Å². The Morgan fingerprint density at radius 3 is 2.62 bits per heavy atom. The highest BCUT2D eigenvalue weighted by molar-refractivity contribution is 5.88. The molecule has 0 spiro atoms. The zero-order chi connectivity index (χ0) is 16.3. The molecule has 5 rings (SSSR count). The van der Waals surface area contributed by atoms with Crippen molar-refractivity contribution in [3.63, 3.8) is 0 Å². The predicted octanol–water partition coefficient (Wildman–Crippen LogP) is 4.68. The fourth-order valence-corrected chi connectivity index (χ4v) is 5.61. The van der Waals surface area contributed by atoms with E-state index in [4.69, 9.17) is 0 Å². The number of anilines is 1. The van der Waals surface area contributed by atoms with Crippen LogP contribution in [0.25, 0.3) is 0 Å². The van der Waals surface area contributed by atoms with Crippen LogP contribution in [0.4, 0.5) is 5.69 Å². The molecular formula is C21H21NO2. The van der Waals surface area contributed by atoms with Gasteiger partial charge in [-0.15, -0.1) is 0 Å². The SMILES string of the molecule is O=C(O)c1ccc2c(c1)[C@@H]1[C@@H]3CC[C@H](C3)[C@@H]1[C@H](c1ccccc1)N2. The van der Waals surface area contributed by atoms with Crippen LogP contribution in [0.5, 0.6) is 0 Å². The quantitative estimate of drug-likeness (QED) is 0.845. The Morgan fingerprint density at radius 1 is 1.04 bits per heavy atom. The van der Waals surface area contributed by atoms with Crippen LogP contribution < -0.4 is 5.32 Å². The van der Waals surface area contributed by atoms with Crippen molar-refractivity contribution in [2.24, 2.45) is 17.8 Å². The molecule has 24 heavy (non-hydrogen) atoms. The molecule has 2 aromatic rings. The summed E-state index contributed by atoms with van der Waals surface area (Å²) in [4.78, 5) is 11.4. The van der Waals surface area contributed by atoms with E-state index in [0.29, 0.717) is 23.4 Å². The molecular weight excluding hydrogens is 298 g/mol. The molecule has 2 aromatic carbocycles. The first kappa shape index (κ1) is 14.1. The molecule has 0 saturated heterocycles. The molecule has 0 amide bonds. The first-order valence-corrected chi connectivity index (χ1v) is 8.91. The molecule has 0 unspecified atom stereocenters. The second-order valence-corrected chi connectivity index (χ2v) is 7.58. The Balaban J connectivity index is 1.64. The third-order valence-corrected chi connectivity index (χ3v) is 6.49. The summed E-state index contributed by atoms with van der Waals surface area (Å²) in [5.41, 5.74) is 4.13. The fraction of sp³-hybridized carbons (Fsp3) is 0.381. The molecule has 3 aliphatic rings. The molecule has 2 bridgehead atoms. The van der Waals surface area contributed by atoms with Crippen LogP contribution >= 0.6 is 0 Å². The number of carboxylic acids is 1. The standard InChI is InChI=1S/C21H21NO2/c23-21(24)15-8-9-17-16(11-15)18-13-6-7-14(10-13)19(18)20(22-17)12-4-2-1-3-5-12/h1-5,8-9,11,13-14,18-20,22H,6-7,10H2,(H,23,24)/t13-,14-,18+,19+,20+/m1/s1. The molecule has 122 valence electrons. The maximum absolute atomic E-state index is 11.4. The van der Waals surface area contributed by atoms with Crippen LogP contribution in [0.15, 0.2) is 48.5 Å². The topological polar surface area (TPSA) is 49.3 Å². The van der Waals surface area contributed by atoms with Crippen molar-refractivity contribution in [3.8, 4) is 0 Å². The van der Waals surface area contributed by atoms with Gasteiger partial charge >= 0.3 is 5.97 Å². The van der Waals surface area contributed by atoms with Gasteiger partial charge < -0.3 is 10.4 Å². The molecule has 3 nitrogen and oxygen atoms in total. The van der Waals surface area contributed by atoms with Gasteiger partial charge in [-0.2, -0.15) is 0 Å². The maximum Gasteiger partial charge on any atom is 0.335 e. The molecule has 5 atom stereocenters. The van der Waals surface area contributed by atoms with Crippen molar-refractivity contribution >= 4 is 11.7 Å². The highest BCUT2D eigenvalue weighted by Crippen LogP contribution is 2.63. The molecule has 2 saturated carbocycles. The molecule has 0 radical (unpaired) electrons. The Morgan fingerprint density at radius 2 is 1.83 bits per heavy atom. The van der Waals surface area contributed by atoms with Gasteiger partial charge in [0.25, 0.3) is 0 Å². The normalized spacial score (nSPS) is 32.8. The summed E-state index contributed by atoms with van der Waals surface area (Å²) in [6.45, 7) is 0. The monoisotopic (exact) mass is 319 g/mol. The number of nitrogens with one attached hydrogen (secondary N) is 1. The number of carboxylic acid groups (broad SMARTS) is 1. The lowest BCUT2D eigenvalue weighted by Crippen LogP contribution is -2.35. The molecule has 0 aromatic heterocycles. The highest BCUT2D eigenvalue weighted by atomic mass is 16.4. The number of hydrogen-bond acceptors (Lipinski definition) is 2. The van der Waals surface area contributed by atoms with Crippen molar-refractivity contribution < 1.29 is 9.90 Å². The van der Waals surface area contributed by atoms with Gasteiger partial charge in [-0.25, -0.2) is 4.79 Å². The number of aromatic carboxylic acids is 1. The number of rotatable bonds is 2. The van der Waals surface area contributed by atoms with E-state index in [1.165, 1.54) is 30.4 Å². The van der Waals surface area contributed by atoms with E-state index in [1.54, 1.807) is 6.07 Å². The van der Waals surface area contributed by atoms with Gasteiger partial charge in [-0.1, -0.05) is 30.3 Å². The Kier molecular flexibility index (Phi) is 2.99. The van der Waals surface area contributed by atoms with Gasteiger partial charge in [0.15, 0.2) is 0 Å². The summed E-state index contributed by atoms with van der Waals surface area (Å²) in [6, 6.07) is 16.7. The summed E-state index contributed by atoms with van der Waals surface area (Å²) < 4.78 is 0. The first-order valence-electron chi connectivity index (χ1n) is 8.91. The van der Waals surface area contributed by atoms with Gasteiger partial charge in [0.05, 0.1) is 11.6 Å². The summed E-state index contributed by atoms with van der Waals surface area (Å²) >= 11 is 0. The Bertz CT molecular complexity index is 801. The minimum Gasteiger partial charge on any atom is -0.478 e. The Hall–Kier alpha value is -2.29. The van der Waals surface area contributed by atoms with E-state index in [-0.39, 0.29) is 0 Å². The summed E-state index contributed by atoms with van der Waals surface area (Å²) in [7, 11) is 0. The van der Waals surface area contributed by atoms with Crippen molar-refractivity contribution in [3.05, 3.63) is 65.2 Å². The lowest BCUT2D eigenvalue weighted by molar-refractivity contribution is 0.0696. The number of carbonyl (C=O) groups is 1. The van der Waals surface area contributed by atoms with E-state index in [0.717, 1.165) is 17.5 Å². The average molecular weight is 319 g/mol. The van der Waals surface area contributed by atoms with Crippen molar-refractivity contribution in [1.29, 1.82) is 0 Å². The maximum atomic E-state index is 11.4. The van der Waals surface area contributed by atoms with Gasteiger partial charge in [-0.05, 0) is 72.3 Å². The van der Waals surface area contributed by atoms with Crippen LogP contribution in [0.3, 0.4) is 0 Å². The van der Waals surface area contributed by atoms with E-state index in [1.807, 2.05) is 12.1 Å². The van der Waals surface area contributed by atoms with Gasteiger partial charge in [0.2, 0.25) is 0 Å². The van der Waals surface area contributed by atoms with Crippen molar-refractivity contribution in [1.82, 2.24) is 0 Å². The molecule has 2 N–H and O–H groups in total. The summed E-state index contributed by atoms with van der Waals surface area (Å²) in [5.74, 6) is 1.74. The van der Waals surface area contributed by atoms with Gasteiger partial charge in [-0.3, -0.25) is 0 Å². The first-order chi connectivity index (χ1) is 11.7. The number of fused-ring (bicyclic) bond motifs is 7. The third kappa shape index (κ3) is 1.94. The zero-order valence-electron chi connectivity index (χ0n) is 13.5. The zero-order valence-corrected chi connectivity index (χ0v) is 13.5. The second kappa shape index (κ2) is 5.10. The van der Waals surface area contributed by atoms with E-state index >= 15 is 0 Å². The largest absolute Gasteiger partial charge is 0.478 e. The summed E-state index contributed by atoms with van der Waals surface area (Å²) in [5, 5.41) is 13.1. The Labute approximate surface area is 141 Å². The van der Waals surface area contributed by atoms with Crippen LogP contribution in [-0.4, -0.2) is 11.1 Å². The molecule has 2 fully saturated rings. The van der Waals surface area contributed by atoms with Crippen LogP contribution in [0, 0.1) is 17.8 Å². The third-order valence-electron chi connectivity index (χ3n) is 6.49. The molecule has 3 heteroatoms. The molecule has 1 aliphatic heterocycles. The molecule has 1 heterocycles. The smallest absolute Gasteiger partial charge is 0.335 e. The van der Waals surface area contributed by atoms with Crippen molar-refractivity contribution in [2.45, 2.75) is 31.2 Å². The van der Waals surface area contributed by atoms with E-state index < -0.39 is 5.97 Å². The number of benzene rings is 2. The van der Waals surface area contributed by atoms with E-state index in [2.05, 4.69) is 35.6 Å². The van der Waals surface area contributed by atoms with Crippen LogP contribution in [0.1, 0.15) is 52.7 Å². The van der Waals surface area contributed by atoms with Crippen LogP contribution in [0.2, 0.25) is 0 Å². The predicted molar refractivity (Wildman–Crippen MR) is 93.3 cm³/mol. The average Bonchev–Trinajstić information content (AvgIpc) is 3.23. The summed E-state index contributed by atoms with van der Waals surface area (Å²) in [6.07, 6.45) is 3.92. The minimum atomic E-state index is -0.831. The fourth-order valence-electron chi connectivity index (χ4n) is 5.61. The molecule has 2 aliphatic carbocycles. The van der Waals surface area contributed by atoms with Crippen LogP contribution in [-0.2, 0) is 0 Å². The van der Waals surface area contributed by atoms with Gasteiger partial charge in [0, 0.05) is 5.69 Å². The van der Waals surface area contributed by atoms with Crippen molar-refractivity contribution in [2.75, 3.05) is 5.32 Å². The minimum absolute atomic E-state index is 0.342. The number of hydrogen-bond donors (Lipinski definition) is 2. The van der Waals surface area contributed by atoms with Gasteiger partial charge in [0.1, 0.15) is 0 Å².